The normalized spacial score (nSPS) is 14.0. The van der Waals surface area contributed by atoms with Crippen molar-refractivity contribution in [2.75, 3.05) is 9.80 Å². The molecule has 0 N–H and O–H groups in total. The van der Waals surface area contributed by atoms with Crippen molar-refractivity contribution in [2.24, 2.45) is 0 Å². The first-order valence-corrected chi connectivity index (χ1v) is 16.1. The summed E-state index contributed by atoms with van der Waals surface area (Å²) in [5, 5.41) is 1.14. The predicted octanol–water partition coefficient (Wildman–Crippen LogP) is 9.42. The molecule has 1 aromatic heterocycles. The highest BCUT2D eigenvalue weighted by atomic mass is 16.3. The number of rotatable bonds is 2. The van der Waals surface area contributed by atoms with Gasteiger partial charge in [0.25, 0.3) is 6.71 Å². The summed E-state index contributed by atoms with van der Waals surface area (Å²) in [4.78, 5) is 4.91. The van der Waals surface area contributed by atoms with Gasteiger partial charge < -0.3 is 14.2 Å². The van der Waals surface area contributed by atoms with Gasteiger partial charge in [0.2, 0.25) is 0 Å². The zero-order chi connectivity index (χ0) is 31.2. The highest BCUT2D eigenvalue weighted by Crippen LogP contribution is 2.47. The topological polar surface area (TPSA) is 19.6 Å². The maximum absolute atomic E-state index is 6.94. The molecule has 2 aliphatic heterocycles. The second-order valence-electron chi connectivity index (χ2n) is 14.8. The van der Waals surface area contributed by atoms with Crippen LogP contribution in [0.1, 0.15) is 58.2 Å². The lowest BCUT2D eigenvalue weighted by Crippen LogP contribution is -2.61. The third-order valence-electron chi connectivity index (χ3n) is 9.58. The van der Waals surface area contributed by atoms with E-state index in [1.807, 2.05) is 0 Å². The van der Waals surface area contributed by atoms with Crippen LogP contribution in [0.3, 0.4) is 0 Å². The smallest absolute Gasteiger partial charge is 0.297 e. The lowest BCUT2D eigenvalue weighted by molar-refractivity contribution is 0.590. The van der Waals surface area contributed by atoms with Gasteiger partial charge in [-0.25, -0.2) is 0 Å². The molecule has 0 unspecified atom stereocenters. The number of nitrogens with zero attached hydrogens (tertiary/aromatic N) is 2. The largest absolute Gasteiger partial charge is 0.468 e. The van der Waals surface area contributed by atoms with Crippen LogP contribution in [0.2, 0.25) is 0 Å². The van der Waals surface area contributed by atoms with Gasteiger partial charge in [-0.1, -0.05) is 96.1 Å². The number of fused-ring (bicyclic) bond motifs is 6. The van der Waals surface area contributed by atoms with Crippen LogP contribution in [0, 0.1) is 6.92 Å². The van der Waals surface area contributed by atoms with Crippen molar-refractivity contribution in [1.29, 1.82) is 0 Å². The zero-order valence-electron chi connectivity index (χ0n) is 27.3. The lowest BCUT2D eigenvalue weighted by atomic mass is 9.35. The quantitative estimate of drug-likeness (QED) is 0.188. The molecule has 0 atom stereocenters. The Labute approximate surface area is 267 Å². The monoisotopic (exact) mass is 586 g/mol. The Balaban J connectivity index is 1.48. The highest BCUT2D eigenvalue weighted by Gasteiger charge is 2.47. The fourth-order valence-corrected chi connectivity index (χ4v) is 7.27. The predicted molar refractivity (Wildman–Crippen MR) is 192 cm³/mol. The molecule has 3 nitrogen and oxygen atoms in total. The molecule has 0 saturated heterocycles. The van der Waals surface area contributed by atoms with E-state index in [-0.39, 0.29) is 17.5 Å². The van der Waals surface area contributed by atoms with Crippen molar-refractivity contribution in [2.45, 2.75) is 59.3 Å². The Kier molecular flexibility index (Phi) is 5.97. The summed E-state index contributed by atoms with van der Waals surface area (Å²) in [7, 11) is 0. The summed E-state index contributed by atoms with van der Waals surface area (Å²) in [6, 6.07) is 40.2. The number of furan rings is 1. The molecule has 5 aromatic carbocycles. The van der Waals surface area contributed by atoms with E-state index in [0.717, 1.165) is 28.0 Å². The molecule has 6 aromatic rings. The molecular formula is C41H39BN2O. The molecule has 45 heavy (non-hydrogen) atoms. The minimum Gasteiger partial charge on any atom is -0.468 e. The third-order valence-corrected chi connectivity index (χ3v) is 9.58. The van der Waals surface area contributed by atoms with Crippen LogP contribution in [0.15, 0.2) is 114 Å². The lowest BCUT2D eigenvalue weighted by Gasteiger charge is -2.43. The summed E-state index contributed by atoms with van der Waals surface area (Å²) < 4.78 is 6.94. The molecular weight excluding hydrogens is 547 g/mol. The molecule has 0 bridgehead atoms. The first-order valence-electron chi connectivity index (χ1n) is 16.1. The number of benzene rings is 5. The van der Waals surface area contributed by atoms with E-state index in [4.69, 9.17) is 4.42 Å². The molecule has 0 saturated carbocycles. The standard InChI is InChI=1S/C41H39BN2O/c1-26-23-34-37-35(24-26)44(29-13-9-8-10-14-29)38-31-15-11-12-16-36(31)45-39(38)42(37)32-25-28(41(5,6)7)19-22-33(32)43(34)30-20-17-27(18-21-30)40(2,3)4/h8-25H,1-7H3. The van der Waals surface area contributed by atoms with Gasteiger partial charge in [0, 0.05) is 33.8 Å². The van der Waals surface area contributed by atoms with Crippen molar-refractivity contribution in [1.82, 2.24) is 0 Å². The van der Waals surface area contributed by atoms with Gasteiger partial charge in [-0.3, -0.25) is 0 Å². The van der Waals surface area contributed by atoms with Crippen LogP contribution in [-0.2, 0) is 10.8 Å². The van der Waals surface area contributed by atoms with Crippen LogP contribution in [0.25, 0.3) is 11.0 Å². The van der Waals surface area contributed by atoms with Crippen LogP contribution in [0.4, 0.5) is 34.1 Å². The van der Waals surface area contributed by atoms with Gasteiger partial charge in [0.15, 0.2) is 0 Å². The van der Waals surface area contributed by atoms with E-state index in [1.54, 1.807) is 0 Å². The Hall–Kier alpha value is -4.70. The van der Waals surface area contributed by atoms with Gasteiger partial charge >= 0.3 is 0 Å². The first kappa shape index (κ1) is 27.8. The van der Waals surface area contributed by atoms with Crippen LogP contribution < -0.4 is 26.4 Å². The van der Waals surface area contributed by atoms with Gasteiger partial charge in [-0.2, -0.15) is 0 Å². The average Bonchev–Trinajstić information content (AvgIpc) is 3.39. The molecule has 0 amide bonds. The number of para-hydroxylation sites is 2. The van der Waals surface area contributed by atoms with Crippen molar-refractivity contribution < 1.29 is 4.42 Å². The molecule has 8 rings (SSSR count). The Morgan fingerprint density at radius 1 is 0.578 bits per heavy atom. The van der Waals surface area contributed by atoms with Crippen molar-refractivity contribution in [3.05, 3.63) is 126 Å². The molecule has 222 valence electrons. The van der Waals surface area contributed by atoms with Crippen LogP contribution in [0.5, 0.6) is 0 Å². The number of aryl methyl sites for hydroxylation is 1. The first-order chi connectivity index (χ1) is 21.5. The van der Waals surface area contributed by atoms with E-state index in [1.165, 1.54) is 50.4 Å². The second-order valence-corrected chi connectivity index (χ2v) is 14.8. The van der Waals surface area contributed by atoms with E-state index in [9.17, 15) is 0 Å². The molecule has 3 heterocycles. The van der Waals surface area contributed by atoms with E-state index in [2.05, 4.69) is 167 Å². The molecule has 4 heteroatoms. The molecule has 0 aliphatic carbocycles. The maximum atomic E-state index is 6.94. The average molecular weight is 587 g/mol. The summed E-state index contributed by atoms with van der Waals surface area (Å²) in [6.45, 7) is 15.9. The van der Waals surface area contributed by atoms with Gasteiger partial charge in [-0.05, 0) is 100.0 Å². The zero-order valence-corrected chi connectivity index (χ0v) is 27.3. The Morgan fingerprint density at radius 3 is 1.87 bits per heavy atom. The fourth-order valence-electron chi connectivity index (χ4n) is 7.27. The second kappa shape index (κ2) is 9.65. The number of hydrogen-bond donors (Lipinski definition) is 0. The molecule has 0 spiro atoms. The van der Waals surface area contributed by atoms with Crippen molar-refractivity contribution in [3.63, 3.8) is 0 Å². The summed E-state index contributed by atoms with van der Waals surface area (Å²) in [5.74, 6) is 0. The Bertz CT molecular complexity index is 2100. The number of hydrogen-bond acceptors (Lipinski definition) is 3. The van der Waals surface area contributed by atoms with E-state index < -0.39 is 0 Å². The van der Waals surface area contributed by atoms with E-state index >= 15 is 0 Å². The van der Waals surface area contributed by atoms with Crippen LogP contribution in [-0.4, -0.2) is 6.71 Å². The molecule has 2 aliphatic rings. The van der Waals surface area contributed by atoms with Gasteiger partial charge in [0.05, 0.1) is 11.3 Å². The SMILES string of the molecule is Cc1cc2c3c(c1)N(c1ccccc1)c1c(oc4ccccc14)B3c1cc(C(C)(C)C)ccc1N2c1ccc(C(C)(C)C)cc1. The van der Waals surface area contributed by atoms with Crippen LogP contribution >= 0.6 is 0 Å². The Morgan fingerprint density at radius 2 is 1.18 bits per heavy atom. The molecule has 0 radical (unpaired) electrons. The van der Waals surface area contributed by atoms with Crippen molar-refractivity contribution >= 4 is 68.4 Å². The summed E-state index contributed by atoms with van der Waals surface area (Å²) in [6.07, 6.45) is 0. The highest BCUT2D eigenvalue weighted by molar-refractivity contribution is 7.00. The maximum Gasteiger partial charge on any atom is 0.297 e. The van der Waals surface area contributed by atoms with Crippen molar-refractivity contribution in [3.8, 4) is 0 Å². The summed E-state index contributed by atoms with van der Waals surface area (Å²) in [5.41, 5.74) is 15.5. The number of anilines is 6. The van der Waals surface area contributed by atoms with Gasteiger partial charge in [0.1, 0.15) is 5.58 Å². The molecule has 0 fully saturated rings. The van der Waals surface area contributed by atoms with Gasteiger partial charge in [-0.15, -0.1) is 0 Å². The minimum atomic E-state index is -0.0413. The fraction of sp³-hybridized carbons (Fsp3) is 0.220. The van der Waals surface area contributed by atoms with E-state index in [0.29, 0.717) is 0 Å². The third kappa shape index (κ3) is 4.26. The minimum absolute atomic E-state index is 0.00600. The summed E-state index contributed by atoms with van der Waals surface area (Å²) >= 11 is 0.